The highest BCUT2D eigenvalue weighted by molar-refractivity contribution is 5.86. The SMILES string of the molecule is Cc1ncc2c(c1CNC(=O)CN1CCCCC1=O)CCNC2.Cl.Cl. The maximum absolute atomic E-state index is 12.2. The average molecular weight is 389 g/mol. The van der Waals surface area contributed by atoms with Crippen LogP contribution in [0.3, 0.4) is 0 Å². The van der Waals surface area contributed by atoms with E-state index in [0.717, 1.165) is 43.6 Å². The zero-order valence-electron chi connectivity index (χ0n) is 14.5. The first-order valence-corrected chi connectivity index (χ1v) is 8.36. The van der Waals surface area contributed by atoms with Crippen LogP contribution in [0.1, 0.15) is 41.6 Å². The number of nitrogens with zero attached hydrogens (tertiary/aromatic N) is 2. The number of carbonyl (C=O) groups is 2. The number of hydrogen-bond donors (Lipinski definition) is 2. The molecule has 0 saturated carbocycles. The summed E-state index contributed by atoms with van der Waals surface area (Å²) in [6, 6.07) is 0. The summed E-state index contributed by atoms with van der Waals surface area (Å²) >= 11 is 0. The predicted octanol–water partition coefficient (Wildman–Crippen LogP) is 1.51. The Hall–Kier alpha value is -1.37. The third-order valence-corrected chi connectivity index (χ3v) is 4.69. The Morgan fingerprint density at radius 3 is 2.88 bits per heavy atom. The molecule has 0 atom stereocenters. The number of rotatable bonds is 4. The van der Waals surface area contributed by atoms with Crippen LogP contribution < -0.4 is 10.6 Å². The molecule has 1 aromatic rings. The van der Waals surface area contributed by atoms with E-state index in [1.807, 2.05) is 13.1 Å². The first kappa shape index (κ1) is 21.7. The Kier molecular flexibility index (Phi) is 8.62. The number of aryl methyl sites for hydroxylation is 1. The van der Waals surface area contributed by atoms with Gasteiger partial charge in [0.1, 0.15) is 0 Å². The Labute approximate surface area is 161 Å². The molecule has 8 heteroatoms. The predicted molar refractivity (Wildman–Crippen MR) is 101 cm³/mol. The van der Waals surface area contributed by atoms with E-state index in [1.54, 1.807) is 4.90 Å². The Morgan fingerprint density at radius 1 is 1.32 bits per heavy atom. The molecule has 2 aliphatic rings. The van der Waals surface area contributed by atoms with E-state index in [-0.39, 0.29) is 43.2 Å². The third kappa shape index (κ3) is 5.30. The van der Waals surface area contributed by atoms with Gasteiger partial charge in [0, 0.05) is 37.9 Å². The molecule has 1 fully saturated rings. The van der Waals surface area contributed by atoms with Gasteiger partial charge in [-0.3, -0.25) is 14.6 Å². The lowest BCUT2D eigenvalue weighted by atomic mass is 9.96. The van der Waals surface area contributed by atoms with Crippen molar-refractivity contribution in [3.05, 3.63) is 28.6 Å². The first-order valence-electron chi connectivity index (χ1n) is 8.36. The molecule has 0 aromatic carbocycles. The first-order chi connectivity index (χ1) is 11.1. The lowest BCUT2D eigenvalue weighted by Gasteiger charge is -2.26. The van der Waals surface area contributed by atoms with Gasteiger partial charge in [-0.25, -0.2) is 0 Å². The molecule has 3 heterocycles. The number of halogens is 2. The van der Waals surface area contributed by atoms with Gasteiger partial charge in [-0.05, 0) is 49.4 Å². The molecule has 0 radical (unpaired) electrons. The van der Waals surface area contributed by atoms with Gasteiger partial charge in [0.25, 0.3) is 0 Å². The molecule has 140 valence electrons. The summed E-state index contributed by atoms with van der Waals surface area (Å²) in [5.74, 6) is -0.00130. The van der Waals surface area contributed by atoms with Crippen molar-refractivity contribution in [2.24, 2.45) is 0 Å². The van der Waals surface area contributed by atoms with Gasteiger partial charge < -0.3 is 15.5 Å². The largest absolute Gasteiger partial charge is 0.350 e. The molecule has 0 aliphatic carbocycles. The summed E-state index contributed by atoms with van der Waals surface area (Å²) in [6.07, 6.45) is 5.38. The summed E-state index contributed by atoms with van der Waals surface area (Å²) in [5, 5.41) is 6.30. The Morgan fingerprint density at radius 2 is 2.12 bits per heavy atom. The van der Waals surface area contributed by atoms with Crippen molar-refractivity contribution < 1.29 is 9.59 Å². The van der Waals surface area contributed by atoms with E-state index in [9.17, 15) is 9.59 Å². The summed E-state index contributed by atoms with van der Waals surface area (Å²) in [5.41, 5.74) is 4.63. The number of fused-ring (bicyclic) bond motifs is 1. The lowest BCUT2D eigenvalue weighted by molar-refractivity contribution is -0.137. The van der Waals surface area contributed by atoms with Crippen molar-refractivity contribution in [1.82, 2.24) is 20.5 Å². The van der Waals surface area contributed by atoms with Crippen LogP contribution in [0.4, 0.5) is 0 Å². The van der Waals surface area contributed by atoms with Crippen molar-refractivity contribution in [2.75, 3.05) is 19.6 Å². The molecule has 2 aliphatic heterocycles. The third-order valence-electron chi connectivity index (χ3n) is 4.69. The molecule has 3 rings (SSSR count). The maximum Gasteiger partial charge on any atom is 0.239 e. The number of carbonyl (C=O) groups excluding carboxylic acids is 2. The van der Waals surface area contributed by atoms with Crippen LogP contribution in [-0.2, 0) is 29.1 Å². The molecular weight excluding hydrogens is 363 g/mol. The van der Waals surface area contributed by atoms with E-state index in [0.29, 0.717) is 19.5 Å². The van der Waals surface area contributed by atoms with Gasteiger partial charge in [-0.2, -0.15) is 0 Å². The molecule has 2 amide bonds. The molecule has 0 spiro atoms. The minimum atomic E-state index is -0.0915. The topological polar surface area (TPSA) is 74.3 Å². The van der Waals surface area contributed by atoms with Gasteiger partial charge in [-0.1, -0.05) is 0 Å². The number of amides is 2. The summed E-state index contributed by atoms with van der Waals surface area (Å²) in [4.78, 5) is 30.1. The van der Waals surface area contributed by atoms with Crippen molar-refractivity contribution in [2.45, 2.75) is 45.7 Å². The molecule has 0 unspecified atom stereocenters. The molecule has 1 aromatic heterocycles. The quantitative estimate of drug-likeness (QED) is 0.819. The van der Waals surface area contributed by atoms with Crippen LogP contribution >= 0.6 is 24.8 Å². The number of pyridine rings is 1. The fourth-order valence-corrected chi connectivity index (χ4v) is 3.32. The standard InChI is InChI=1S/C17H24N4O2.2ClH/c1-12-15(14-5-6-18-8-13(14)9-19-12)10-20-16(22)11-21-7-3-2-4-17(21)23;;/h9,18H,2-8,10-11H2,1H3,(H,20,22);2*1H. The average Bonchev–Trinajstić information content (AvgIpc) is 2.56. The minimum Gasteiger partial charge on any atom is -0.350 e. The van der Waals surface area contributed by atoms with E-state index >= 15 is 0 Å². The highest BCUT2D eigenvalue weighted by Crippen LogP contribution is 2.20. The van der Waals surface area contributed by atoms with Crippen molar-refractivity contribution in [3.8, 4) is 0 Å². The van der Waals surface area contributed by atoms with Crippen molar-refractivity contribution in [1.29, 1.82) is 0 Å². The van der Waals surface area contributed by atoms with Gasteiger partial charge in [0.2, 0.25) is 11.8 Å². The van der Waals surface area contributed by atoms with Gasteiger partial charge in [-0.15, -0.1) is 24.8 Å². The van der Waals surface area contributed by atoms with E-state index in [2.05, 4.69) is 15.6 Å². The highest BCUT2D eigenvalue weighted by Gasteiger charge is 2.21. The van der Waals surface area contributed by atoms with Crippen LogP contribution in [0.2, 0.25) is 0 Å². The fraction of sp³-hybridized carbons (Fsp3) is 0.588. The summed E-state index contributed by atoms with van der Waals surface area (Å²) in [6.45, 7) is 5.13. The van der Waals surface area contributed by atoms with Gasteiger partial charge in [0.05, 0.1) is 6.54 Å². The van der Waals surface area contributed by atoms with Crippen LogP contribution in [0.15, 0.2) is 6.20 Å². The maximum atomic E-state index is 12.2. The highest BCUT2D eigenvalue weighted by atomic mass is 35.5. The zero-order valence-corrected chi connectivity index (χ0v) is 16.1. The van der Waals surface area contributed by atoms with Crippen molar-refractivity contribution >= 4 is 36.6 Å². The van der Waals surface area contributed by atoms with Crippen LogP contribution in [0.25, 0.3) is 0 Å². The molecule has 2 N–H and O–H groups in total. The molecule has 0 bridgehead atoms. The second-order valence-electron chi connectivity index (χ2n) is 6.30. The summed E-state index contributed by atoms with van der Waals surface area (Å²) in [7, 11) is 0. The molecule has 25 heavy (non-hydrogen) atoms. The molecular formula is C17H26Cl2N4O2. The number of piperidine rings is 1. The number of likely N-dealkylation sites (tertiary alicyclic amines) is 1. The normalized spacial score (nSPS) is 16.4. The van der Waals surface area contributed by atoms with Gasteiger partial charge in [0.15, 0.2) is 0 Å². The van der Waals surface area contributed by atoms with Gasteiger partial charge >= 0.3 is 0 Å². The zero-order chi connectivity index (χ0) is 16.2. The number of nitrogens with one attached hydrogen (secondary N) is 2. The lowest BCUT2D eigenvalue weighted by Crippen LogP contribution is -2.43. The van der Waals surface area contributed by atoms with E-state index in [4.69, 9.17) is 0 Å². The number of aromatic nitrogens is 1. The second-order valence-corrected chi connectivity index (χ2v) is 6.30. The van der Waals surface area contributed by atoms with Crippen LogP contribution in [0.5, 0.6) is 0 Å². The van der Waals surface area contributed by atoms with Crippen LogP contribution in [-0.4, -0.2) is 41.3 Å². The monoisotopic (exact) mass is 388 g/mol. The summed E-state index contributed by atoms with van der Waals surface area (Å²) < 4.78 is 0. The van der Waals surface area contributed by atoms with Crippen molar-refractivity contribution in [3.63, 3.8) is 0 Å². The van der Waals surface area contributed by atoms with E-state index in [1.165, 1.54) is 11.1 Å². The van der Waals surface area contributed by atoms with E-state index < -0.39 is 0 Å². The minimum absolute atomic E-state index is 0. The smallest absolute Gasteiger partial charge is 0.239 e. The molecule has 1 saturated heterocycles. The Bertz CT molecular complexity index is 625. The van der Waals surface area contributed by atoms with Crippen LogP contribution in [0, 0.1) is 6.92 Å². The Balaban J connectivity index is 0.00000156. The second kappa shape index (κ2) is 9.94. The molecule has 6 nitrogen and oxygen atoms in total. The fourth-order valence-electron chi connectivity index (χ4n) is 3.32. The number of hydrogen-bond acceptors (Lipinski definition) is 4.